The number of halogens is 2. The standard InChI is InChI=1S/C33H32Cl2N6O2/c1-3-30(42)41-16-15-40(19-22(41)12-13-36)32-26-17-28(35)25(24-10-4-7-21-8-5-11-27(34)31(21)24)18-29(26)37-33(38-32)43-20-23-9-6-14-39(23)2/h3-5,7-8,10-11,17-18,22-23H,1,6,9,12,14-16,19-20H2,2H3. The summed E-state index contributed by atoms with van der Waals surface area (Å²) in [6.07, 6.45) is 3.70. The molecular weight excluding hydrogens is 583 g/mol. The maximum atomic E-state index is 12.5. The second kappa shape index (κ2) is 12.4. The molecular formula is C33H32Cl2N6O2. The zero-order valence-electron chi connectivity index (χ0n) is 24.0. The van der Waals surface area contributed by atoms with Gasteiger partial charge in [-0.1, -0.05) is 60.1 Å². The third kappa shape index (κ3) is 5.73. The Labute approximate surface area is 261 Å². The number of benzene rings is 3. The van der Waals surface area contributed by atoms with Gasteiger partial charge in [-0.2, -0.15) is 15.2 Å². The lowest BCUT2D eigenvalue weighted by Crippen LogP contribution is -2.55. The van der Waals surface area contributed by atoms with Crippen LogP contribution in [0, 0.1) is 11.3 Å². The number of aromatic nitrogens is 2. The number of piperazine rings is 1. The second-order valence-corrected chi connectivity index (χ2v) is 11.9. The molecule has 3 heterocycles. The maximum absolute atomic E-state index is 12.5. The SMILES string of the molecule is C=CC(=O)N1CCN(c2nc(OCC3CCCN3C)nc3cc(-c4cccc5cccc(Cl)c45)c(Cl)cc23)CC1CC#N. The Kier molecular flexibility index (Phi) is 8.40. The van der Waals surface area contributed by atoms with Crippen LogP contribution in [0.3, 0.4) is 0 Å². The summed E-state index contributed by atoms with van der Waals surface area (Å²) in [4.78, 5) is 28.4. The molecule has 2 fully saturated rings. The van der Waals surface area contributed by atoms with E-state index in [1.165, 1.54) is 6.08 Å². The van der Waals surface area contributed by atoms with Crippen molar-refractivity contribution in [1.82, 2.24) is 19.8 Å². The monoisotopic (exact) mass is 614 g/mol. The molecule has 0 aliphatic carbocycles. The lowest BCUT2D eigenvalue weighted by Gasteiger charge is -2.41. The van der Waals surface area contributed by atoms with Crippen molar-refractivity contribution in [2.45, 2.75) is 31.3 Å². The Bertz CT molecular complexity index is 1750. The number of likely N-dealkylation sites (tertiary alicyclic amines) is 1. The molecule has 0 spiro atoms. The Hall–Kier alpha value is -3.90. The molecule has 6 rings (SSSR count). The molecule has 2 aliphatic rings. The highest BCUT2D eigenvalue weighted by Crippen LogP contribution is 2.40. The van der Waals surface area contributed by atoms with Crippen LogP contribution in [0.5, 0.6) is 6.01 Å². The van der Waals surface area contributed by atoms with E-state index in [-0.39, 0.29) is 24.4 Å². The van der Waals surface area contributed by atoms with E-state index in [4.69, 9.17) is 37.9 Å². The topological polar surface area (TPSA) is 85.6 Å². The van der Waals surface area contributed by atoms with E-state index < -0.39 is 0 Å². The summed E-state index contributed by atoms with van der Waals surface area (Å²) in [6.45, 7) is 6.56. The van der Waals surface area contributed by atoms with Gasteiger partial charge in [0.25, 0.3) is 0 Å². The number of anilines is 1. The molecule has 220 valence electrons. The van der Waals surface area contributed by atoms with Crippen LogP contribution in [-0.4, -0.2) is 77.6 Å². The maximum Gasteiger partial charge on any atom is 0.319 e. The van der Waals surface area contributed by atoms with E-state index in [9.17, 15) is 10.1 Å². The fourth-order valence-corrected chi connectivity index (χ4v) is 6.79. The van der Waals surface area contributed by atoms with E-state index in [1.807, 2.05) is 48.5 Å². The molecule has 3 aromatic carbocycles. The minimum Gasteiger partial charge on any atom is -0.462 e. The van der Waals surface area contributed by atoms with Gasteiger partial charge in [0.15, 0.2) is 0 Å². The molecule has 8 nitrogen and oxygen atoms in total. The molecule has 0 N–H and O–H groups in total. The summed E-state index contributed by atoms with van der Waals surface area (Å²) in [7, 11) is 2.11. The summed E-state index contributed by atoms with van der Waals surface area (Å²) in [5.41, 5.74) is 2.41. The molecule has 0 bridgehead atoms. The van der Waals surface area contributed by atoms with Gasteiger partial charge in [0, 0.05) is 52.1 Å². The van der Waals surface area contributed by atoms with Crippen LogP contribution in [0.25, 0.3) is 32.8 Å². The number of nitriles is 1. The predicted molar refractivity (Wildman–Crippen MR) is 172 cm³/mol. The van der Waals surface area contributed by atoms with Crippen molar-refractivity contribution in [1.29, 1.82) is 5.26 Å². The predicted octanol–water partition coefficient (Wildman–Crippen LogP) is 6.35. The number of carbonyl (C=O) groups is 1. The minimum absolute atomic E-state index is 0.182. The number of fused-ring (bicyclic) bond motifs is 2. The molecule has 4 aromatic rings. The van der Waals surface area contributed by atoms with Gasteiger partial charge in [-0.15, -0.1) is 0 Å². The van der Waals surface area contributed by atoms with Gasteiger partial charge in [-0.3, -0.25) is 4.79 Å². The van der Waals surface area contributed by atoms with Gasteiger partial charge in [0.2, 0.25) is 5.91 Å². The molecule has 2 atom stereocenters. The van der Waals surface area contributed by atoms with Crippen LogP contribution in [-0.2, 0) is 4.79 Å². The molecule has 0 radical (unpaired) electrons. The number of likely N-dealkylation sites (N-methyl/N-ethyl adjacent to an activating group) is 1. The third-order valence-electron chi connectivity index (χ3n) is 8.53. The number of amides is 1. The smallest absolute Gasteiger partial charge is 0.319 e. The van der Waals surface area contributed by atoms with Crippen LogP contribution in [0.1, 0.15) is 19.3 Å². The van der Waals surface area contributed by atoms with Crippen molar-refractivity contribution < 1.29 is 9.53 Å². The number of carbonyl (C=O) groups excluding carboxylic acids is 1. The lowest BCUT2D eigenvalue weighted by molar-refractivity contribution is -0.128. The van der Waals surface area contributed by atoms with Crippen molar-refractivity contribution in [3.63, 3.8) is 0 Å². The first-order valence-corrected chi connectivity index (χ1v) is 15.2. The van der Waals surface area contributed by atoms with Crippen LogP contribution < -0.4 is 9.64 Å². The third-order valence-corrected chi connectivity index (χ3v) is 9.16. The van der Waals surface area contributed by atoms with Gasteiger partial charge >= 0.3 is 6.01 Å². The van der Waals surface area contributed by atoms with Gasteiger partial charge < -0.3 is 19.4 Å². The van der Waals surface area contributed by atoms with E-state index in [0.29, 0.717) is 53.7 Å². The summed E-state index contributed by atoms with van der Waals surface area (Å²) < 4.78 is 6.24. The largest absolute Gasteiger partial charge is 0.462 e. The van der Waals surface area contributed by atoms with Crippen LogP contribution >= 0.6 is 23.2 Å². The summed E-state index contributed by atoms with van der Waals surface area (Å²) >= 11 is 13.7. The Balaban J connectivity index is 1.45. The highest BCUT2D eigenvalue weighted by Gasteiger charge is 2.31. The van der Waals surface area contributed by atoms with Gasteiger partial charge in [0.05, 0.1) is 24.0 Å². The van der Waals surface area contributed by atoms with E-state index in [1.54, 1.807) is 4.90 Å². The number of rotatable bonds is 7. The first-order valence-electron chi connectivity index (χ1n) is 14.4. The zero-order chi connectivity index (χ0) is 30.1. The second-order valence-electron chi connectivity index (χ2n) is 11.1. The summed E-state index contributed by atoms with van der Waals surface area (Å²) in [5, 5.41) is 13.4. The molecule has 0 saturated carbocycles. The molecule has 2 aliphatic heterocycles. The summed E-state index contributed by atoms with van der Waals surface area (Å²) in [5.74, 6) is 0.483. The fourth-order valence-electron chi connectivity index (χ4n) is 6.24. The quantitative estimate of drug-likeness (QED) is 0.224. The number of ether oxygens (including phenoxy) is 1. The molecule has 2 saturated heterocycles. The van der Waals surface area contributed by atoms with Gasteiger partial charge in [0.1, 0.15) is 12.4 Å². The van der Waals surface area contributed by atoms with Crippen molar-refractivity contribution in [3.05, 3.63) is 71.2 Å². The average Bonchev–Trinajstić information content (AvgIpc) is 3.43. The van der Waals surface area contributed by atoms with Crippen LogP contribution in [0.4, 0.5) is 5.82 Å². The molecule has 10 heteroatoms. The van der Waals surface area contributed by atoms with Crippen molar-refractivity contribution in [3.8, 4) is 23.2 Å². The highest BCUT2D eigenvalue weighted by molar-refractivity contribution is 6.38. The number of hydrogen-bond donors (Lipinski definition) is 0. The van der Waals surface area contributed by atoms with E-state index >= 15 is 0 Å². The zero-order valence-corrected chi connectivity index (χ0v) is 25.5. The normalized spacial score (nSPS) is 19.1. The highest BCUT2D eigenvalue weighted by atomic mass is 35.5. The lowest BCUT2D eigenvalue weighted by atomic mass is 9.97. The van der Waals surface area contributed by atoms with Gasteiger partial charge in [-0.05, 0) is 61.7 Å². The van der Waals surface area contributed by atoms with Gasteiger partial charge in [-0.25, -0.2) is 0 Å². The Morgan fingerprint density at radius 2 is 1.91 bits per heavy atom. The average molecular weight is 616 g/mol. The minimum atomic E-state index is -0.307. The van der Waals surface area contributed by atoms with Crippen LogP contribution in [0.15, 0.2) is 61.2 Å². The fraction of sp³-hybridized carbons (Fsp3) is 0.333. The molecule has 1 amide bonds. The van der Waals surface area contributed by atoms with Crippen LogP contribution in [0.2, 0.25) is 10.0 Å². The Morgan fingerprint density at radius 1 is 1.09 bits per heavy atom. The number of nitrogens with zero attached hydrogens (tertiary/aromatic N) is 6. The van der Waals surface area contributed by atoms with E-state index in [0.717, 1.165) is 46.7 Å². The molecule has 43 heavy (non-hydrogen) atoms. The van der Waals surface area contributed by atoms with Crippen molar-refractivity contribution in [2.24, 2.45) is 0 Å². The summed E-state index contributed by atoms with van der Waals surface area (Å²) in [6, 6.07) is 18.2. The molecule has 1 aromatic heterocycles. The molecule has 2 unspecified atom stereocenters. The van der Waals surface area contributed by atoms with Crippen molar-refractivity contribution in [2.75, 3.05) is 44.7 Å². The first-order chi connectivity index (χ1) is 20.9. The number of hydrogen-bond acceptors (Lipinski definition) is 7. The Morgan fingerprint density at radius 3 is 2.65 bits per heavy atom. The van der Waals surface area contributed by atoms with Crippen molar-refractivity contribution >= 4 is 56.6 Å². The van der Waals surface area contributed by atoms with E-state index in [2.05, 4.69) is 29.5 Å². The first kappa shape index (κ1) is 29.2.